The van der Waals surface area contributed by atoms with Crippen molar-refractivity contribution in [3.63, 3.8) is 0 Å². The summed E-state index contributed by atoms with van der Waals surface area (Å²) in [6.07, 6.45) is 6.55. The summed E-state index contributed by atoms with van der Waals surface area (Å²) >= 11 is 0. The van der Waals surface area contributed by atoms with Gasteiger partial charge < -0.3 is 9.64 Å². The number of ether oxygens (including phenoxy) is 1. The predicted molar refractivity (Wildman–Crippen MR) is 87.3 cm³/mol. The smallest absolute Gasteiger partial charge is 0.256 e. The number of nitrogens with zero attached hydrogens (tertiary/aromatic N) is 2. The molecule has 0 unspecified atom stereocenters. The molecule has 126 valence electrons. The molecule has 1 saturated heterocycles. The second-order valence-electron chi connectivity index (χ2n) is 6.47. The lowest BCUT2D eigenvalue weighted by Crippen LogP contribution is -2.52. The van der Waals surface area contributed by atoms with E-state index < -0.39 is 5.82 Å². The molecular weight excluding hydrogens is 295 g/mol. The summed E-state index contributed by atoms with van der Waals surface area (Å²) in [6, 6.07) is 5.10. The zero-order valence-corrected chi connectivity index (χ0v) is 13.8. The maximum absolute atomic E-state index is 14.1. The highest BCUT2D eigenvalue weighted by molar-refractivity contribution is 5.94. The van der Waals surface area contributed by atoms with Crippen LogP contribution in [-0.2, 0) is 0 Å². The lowest BCUT2D eigenvalue weighted by atomic mass is 9.94. The minimum atomic E-state index is -0.510. The molecule has 0 radical (unpaired) electrons. The largest absolute Gasteiger partial charge is 0.497 e. The van der Waals surface area contributed by atoms with Crippen molar-refractivity contribution in [2.24, 2.45) is 0 Å². The average molecular weight is 320 g/mol. The lowest BCUT2D eigenvalue weighted by Gasteiger charge is -2.40. The van der Waals surface area contributed by atoms with Crippen LogP contribution in [0.3, 0.4) is 0 Å². The second-order valence-corrected chi connectivity index (χ2v) is 6.47. The van der Waals surface area contributed by atoms with Crippen LogP contribution in [0.25, 0.3) is 0 Å². The molecule has 1 aromatic rings. The summed E-state index contributed by atoms with van der Waals surface area (Å²) in [6.45, 7) is 3.16. The van der Waals surface area contributed by atoms with Crippen LogP contribution in [0.4, 0.5) is 4.39 Å². The third-order valence-corrected chi connectivity index (χ3v) is 5.10. The Labute approximate surface area is 137 Å². The van der Waals surface area contributed by atoms with Crippen LogP contribution >= 0.6 is 0 Å². The Morgan fingerprint density at radius 1 is 1.13 bits per heavy atom. The molecule has 2 fully saturated rings. The molecule has 0 spiro atoms. The molecular formula is C18H25FN2O2. The normalized spacial score (nSPS) is 20.5. The van der Waals surface area contributed by atoms with Gasteiger partial charge in [-0.15, -0.1) is 0 Å². The topological polar surface area (TPSA) is 32.8 Å². The van der Waals surface area contributed by atoms with Crippen LogP contribution in [0.5, 0.6) is 5.75 Å². The molecule has 3 rings (SSSR count). The molecule has 1 saturated carbocycles. The van der Waals surface area contributed by atoms with Gasteiger partial charge in [-0.05, 0) is 25.0 Å². The van der Waals surface area contributed by atoms with Crippen molar-refractivity contribution in [3.8, 4) is 5.75 Å². The van der Waals surface area contributed by atoms with Gasteiger partial charge in [0.15, 0.2) is 0 Å². The van der Waals surface area contributed by atoms with Crippen molar-refractivity contribution in [1.82, 2.24) is 9.80 Å². The Balaban J connectivity index is 1.59. The van der Waals surface area contributed by atoms with E-state index in [1.807, 2.05) is 0 Å². The summed E-state index contributed by atoms with van der Waals surface area (Å²) in [7, 11) is 1.49. The van der Waals surface area contributed by atoms with E-state index in [0.717, 1.165) is 13.1 Å². The standard InChI is InChI=1S/C18H25FN2O2/c1-23-15-7-8-16(17(19)13-15)18(22)21-11-9-20(10-12-21)14-5-3-2-4-6-14/h7-8,13-14H,2-6,9-12H2,1H3. The maximum atomic E-state index is 14.1. The number of carbonyl (C=O) groups is 1. The summed E-state index contributed by atoms with van der Waals surface area (Å²) in [5.74, 6) is -0.293. The first-order valence-corrected chi connectivity index (χ1v) is 8.56. The number of carbonyl (C=O) groups excluding carboxylic acids is 1. The summed E-state index contributed by atoms with van der Waals surface area (Å²) in [5, 5.41) is 0. The lowest BCUT2D eigenvalue weighted by molar-refractivity contribution is 0.0519. The molecule has 0 aromatic heterocycles. The highest BCUT2D eigenvalue weighted by Crippen LogP contribution is 2.24. The zero-order valence-electron chi connectivity index (χ0n) is 13.8. The minimum Gasteiger partial charge on any atom is -0.497 e. The summed E-state index contributed by atoms with van der Waals surface area (Å²) in [5.41, 5.74) is 0.136. The van der Waals surface area contributed by atoms with E-state index >= 15 is 0 Å². The number of rotatable bonds is 3. The number of piperazine rings is 1. The number of benzene rings is 1. The van der Waals surface area contributed by atoms with Crippen LogP contribution in [-0.4, -0.2) is 55.0 Å². The molecule has 23 heavy (non-hydrogen) atoms. The molecule has 0 bridgehead atoms. The summed E-state index contributed by atoms with van der Waals surface area (Å²) in [4.78, 5) is 16.8. The van der Waals surface area contributed by atoms with E-state index in [1.165, 1.54) is 51.3 Å². The van der Waals surface area contributed by atoms with Gasteiger partial charge in [0.05, 0.1) is 12.7 Å². The SMILES string of the molecule is COc1ccc(C(=O)N2CCN(C3CCCCC3)CC2)c(F)c1. The third kappa shape index (κ3) is 3.66. The number of halogens is 1. The molecule has 0 atom stereocenters. The quantitative estimate of drug-likeness (QED) is 0.858. The van der Waals surface area contributed by atoms with Crippen molar-refractivity contribution in [1.29, 1.82) is 0 Å². The average Bonchev–Trinajstić information content (AvgIpc) is 2.62. The summed E-state index contributed by atoms with van der Waals surface area (Å²) < 4.78 is 19.1. The van der Waals surface area contributed by atoms with Gasteiger partial charge in [0, 0.05) is 38.3 Å². The van der Waals surface area contributed by atoms with Gasteiger partial charge in [-0.3, -0.25) is 9.69 Å². The fourth-order valence-corrected chi connectivity index (χ4v) is 3.70. The molecule has 1 aliphatic carbocycles. The van der Waals surface area contributed by atoms with Crippen LogP contribution < -0.4 is 4.74 Å². The Morgan fingerprint density at radius 3 is 2.43 bits per heavy atom. The van der Waals surface area contributed by atoms with Gasteiger partial charge in [-0.25, -0.2) is 4.39 Å². The van der Waals surface area contributed by atoms with E-state index in [0.29, 0.717) is 24.9 Å². The zero-order chi connectivity index (χ0) is 16.2. The molecule has 0 N–H and O–H groups in total. The predicted octanol–water partition coefficient (Wildman–Crippen LogP) is 2.92. The van der Waals surface area contributed by atoms with Crippen molar-refractivity contribution < 1.29 is 13.9 Å². The Hall–Kier alpha value is -1.62. The number of hydrogen-bond acceptors (Lipinski definition) is 3. The van der Waals surface area contributed by atoms with Gasteiger partial charge in [-0.2, -0.15) is 0 Å². The molecule has 2 aliphatic rings. The number of amides is 1. The highest BCUT2D eigenvalue weighted by Gasteiger charge is 2.28. The van der Waals surface area contributed by atoms with Crippen LogP contribution in [0.15, 0.2) is 18.2 Å². The van der Waals surface area contributed by atoms with Crippen LogP contribution in [0, 0.1) is 5.82 Å². The molecule has 5 heteroatoms. The van der Waals surface area contributed by atoms with Gasteiger partial charge in [0.2, 0.25) is 0 Å². The number of hydrogen-bond donors (Lipinski definition) is 0. The van der Waals surface area contributed by atoms with Crippen LogP contribution in [0.1, 0.15) is 42.5 Å². The first-order valence-electron chi connectivity index (χ1n) is 8.56. The van der Waals surface area contributed by atoms with E-state index in [4.69, 9.17) is 4.74 Å². The van der Waals surface area contributed by atoms with Crippen molar-refractivity contribution in [3.05, 3.63) is 29.6 Å². The molecule has 1 aliphatic heterocycles. The second kappa shape index (κ2) is 7.30. The van der Waals surface area contributed by atoms with E-state index in [2.05, 4.69) is 4.90 Å². The van der Waals surface area contributed by atoms with Crippen molar-refractivity contribution in [2.75, 3.05) is 33.3 Å². The van der Waals surface area contributed by atoms with Gasteiger partial charge in [0.1, 0.15) is 11.6 Å². The monoisotopic (exact) mass is 320 g/mol. The van der Waals surface area contributed by atoms with E-state index in [9.17, 15) is 9.18 Å². The fraction of sp³-hybridized carbons (Fsp3) is 0.611. The molecule has 1 aromatic carbocycles. The Kier molecular flexibility index (Phi) is 5.16. The maximum Gasteiger partial charge on any atom is 0.256 e. The first kappa shape index (κ1) is 16.2. The van der Waals surface area contributed by atoms with E-state index in [-0.39, 0.29) is 11.5 Å². The Bertz CT molecular complexity index is 550. The molecule has 4 nitrogen and oxygen atoms in total. The fourth-order valence-electron chi connectivity index (χ4n) is 3.70. The Morgan fingerprint density at radius 2 is 1.83 bits per heavy atom. The molecule has 1 heterocycles. The van der Waals surface area contributed by atoms with Crippen LogP contribution in [0.2, 0.25) is 0 Å². The van der Waals surface area contributed by atoms with Gasteiger partial charge >= 0.3 is 0 Å². The van der Waals surface area contributed by atoms with Crippen molar-refractivity contribution >= 4 is 5.91 Å². The van der Waals surface area contributed by atoms with Crippen molar-refractivity contribution in [2.45, 2.75) is 38.1 Å². The first-order chi connectivity index (χ1) is 11.2. The highest BCUT2D eigenvalue weighted by atomic mass is 19.1. The van der Waals surface area contributed by atoms with E-state index in [1.54, 1.807) is 11.0 Å². The number of methoxy groups -OCH3 is 1. The van der Waals surface area contributed by atoms with Gasteiger partial charge in [-0.1, -0.05) is 19.3 Å². The third-order valence-electron chi connectivity index (χ3n) is 5.10. The van der Waals surface area contributed by atoms with Gasteiger partial charge in [0.25, 0.3) is 5.91 Å². The minimum absolute atomic E-state index is 0.136. The molecule has 1 amide bonds.